The number of morpholine rings is 1. The predicted molar refractivity (Wildman–Crippen MR) is 113 cm³/mol. The van der Waals surface area contributed by atoms with Gasteiger partial charge in [-0.2, -0.15) is 0 Å². The number of thiophene rings is 1. The fourth-order valence-electron chi connectivity index (χ4n) is 3.45. The van der Waals surface area contributed by atoms with E-state index < -0.39 is 0 Å². The van der Waals surface area contributed by atoms with E-state index in [0.29, 0.717) is 0 Å². The van der Waals surface area contributed by atoms with Crippen molar-refractivity contribution in [3.8, 4) is 10.6 Å². The third kappa shape index (κ3) is 4.58. The number of hydrogen-bond acceptors (Lipinski definition) is 4. The molecule has 0 unspecified atom stereocenters. The molecule has 6 heteroatoms. The Bertz CT molecular complexity index is 921. The minimum absolute atomic E-state index is 0.898. The van der Waals surface area contributed by atoms with Crippen molar-refractivity contribution in [2.24, 2.45) is 4.99 Å². The fraction of sp³-hybridized carbons (Fsp3) is 0.381. The first kappa shape index (κ1) is 18.6. The molecule has 4 nitrogen and oxygen atoms in total. The first-order valence-corrected chi connectivity index (χ1v) is 11.3. The van der Waals surface area contributed by atoms with Gasteiger partial charge in [0, 0.05) is 18.3 Å². The van der Waals surface area contributed by atoms with Gasteiger partial charge in [-0.3, -0.25) is 0 Å². The summed E-state index contributed by atoms with van der Waals surface area (Å²) in [5.74, 6) is 0. The highest BCUT2D eigenvalue weighted by Crippen LogP contribution is 2.26. The van der Waals surface area contributed by atoms with Crippen LogP contribution in [-0.2, 0) is 11.3 Å². The molecule has 3 heterocycles. The number of para-hydroxylation sites is 1. The van der Waals surface area contributed by atoms with Crippen molar-refractivity contribution < 1.29 is 9.64 Å². The number of rotatable bonds is 6. The van der Waals surface area contributed by atoms with E-state index in [1.165, 1.54) is 22.7 Å². The SMILES string of the molecule is Cc1ccccc1N=c1scc(-c2cccs2)n1CCC[NH+]1CCOCC1. The molecule has 0 radical (unpaired) electrons. The van der Waals surface area contributed by atoms with Crippen LogP contribution in [0.15, 0.2) is 52.2 Å². The first-order chi connectivity index (χ1) is 13.3. The van der Waals surface area contributed by atoms with Crippen LogP contribution in [0.4, 0.5) is 5.69 Å². The highest BCUT2D eigenvalue weighted by Gasteiger charge is 2.14. The molecule has 0 saturated carbocycles. The largest absolute Gasteiger partial charge is 0.370 e. The van der Waals surface area contributed by atoms with E-state index in [4.69, 9.17) is 9.73 Å². The maximum atomic E-state index is 5.48. The third-order valence-corrected chi connectivity index (χ3v) is 6.77. The second-order valence-electron chi connectivity index (χ2n) is 6.90. The summed E-state index contributed by atoms with van der Waals surface area (Å²) in [6, 6.07) is 12.7. The molecular formula is C21H26N3OS2+. The number of quaternary nitrogens is 1. The molecule has 1 aliphatic rings. The number of hydrogen-bond donors (Lipinski definition) is 1. The molecule has 0 atom stereocenters. The van der Waals surface area contributed by atoms with Crippen LogP contribution in [0.2, 0.25) is 0 Å². The summed E-state index contributed by atoms with van der Waals surface area (Å²) in [6.45, 7) is 8.38. The van der Waals surface area contributed by atoms with Crippen LogP contribution in [0.5, 0.6) is 0 Å². The Morgan fingerprint density at radius 3 is 2.74 bits per heavy atom. The number of nitrogens with one attached hydrogen (secondary N) is 1. The lowest BCUT2D eigenvalue weighted by molar-refractivity contribution is -0.908. The molecule has 1 fully saturated rings. The molecule has 0 bridgehead atoms. The van der Waals surface area contributed by atoms with Crippen LogP contribution in [0, 0.1) is 6.92 Å². The summed E-state index contributed by atoms with van der Waals surface area (Å²) in [7, 11) is 0. The average Bonchev–Trinajstić information content (AvgIpc) is 3.35. The highest BCUT2D eigenvalue weighted by atomic mass is 32.1. The van der Waals surface area contributed by atoms with E-state index in [0.717, 1.165) is 49.8 Å². The van der Waals surface area contributed by atoms with Gasteiger partial charge in [0.05, 0.1) is 36.0 Å². The summed E-state index contributed by atoms with van der Waals surface area (Å²) >= 11 is 3.54. The lowest BCUT2D eigenvalue weighted by Crippen LogP contribution is -3.14. The van der Waals surface area contributed by atoms with Crippen LogP contribution in [-0.4, -0.2) is 37.4 Å². The average molecular weight is 401 g/mol. The maximum Gasteiger partial charge on any atom is 0.190 e. The summed E-state index contributed by atoms with van der Waals surface area (Å²) < 4.78 is 7.88. The number of aromatic nitrogens is 1. The van der Waals surface area contributed by atoms with Gasteiger partial charge in [-0.15, -0.1) is 22.7 Å². The minimum atomic E-state index is 0.898. The molecular weight excluding hydrogens is 374 g/mol. The van der Waals surface area contributed by atoms with Gasteiger partial charge in [0.1, 0.15) is 13.1 Å². The summed E-state index contributed by atoms with van der Waals surface area (Å²) in [5, 5.41) is 4.40. The molecule has 0 amide bonds. The van der Waals surface area contributed by atoms with Gasteiger partial charge in [0.25, 0.3) is 0 Å². The van der Waals surface area contributed by atoms with E-state index in [2.05, 4.69) is 58.6 Å². The molecule has 27 heavy (non-hydrogen) atoms. The van der Waals surface area contributed by atoms with Crippen LogP contribution in [0.3, 0.4) is 0 Å². The molecule has 1 saturated heterocycles. The molecule has 0 aliphatic carbocycles. The predicted octanol–water partition coefficient (Wildman–Crippen LogP) is 3.12. The Kier molecular flexibility index (Phi) is 6.19. The molecule has 1 aromatic carbocycles. The van der Waals surface area contributed by atoms with E-state index in [9.17, 15) is 0 Å². The molecule has 2 aromatic heterocycles. The Balaban J connectivity index is 1.60. The molecule has 1 N–H and O–H groups in total. The van der Waals surface area contributed by atoms with Gasteiger partial charge >= 0.3 is 0 Å². The van der Waals surface area contributed by atoms with Gasteiger partial charge in [0.2, 0.25) is 0 Å². The molecule has 3 aromatic rings. The Hall–Kier alpha value is -1.73. The fourth-order valence-corrected chi connectivity index (χ4v) is 5.21. The smallest absolute Gasteiger partial charge is 0.190 e. The van der Waals surface area contributed by atoms with Crippen molar-refractivity contribution in [3.63, 3.8) is 0 Å². The van der Waals surface area contributed by atoms with Crippen molar-refractivity contribution in [1.82, 2.24) is 4.57 Å². The normalized spacial score (nSPS) is 16.1. The zero-order chi connectivity index (χ0) is 18.5. The number of ether oxygens (including phenoxy) is 1. The Morgan fingerprint density at radius 2 is 1.96 bits per heavy atom. The topological polar surface area (TPSA) is 31.0 Å². The summed E-state index contributed by atoms with van der Waals surface area (Å²) in [4.78, 5) is 9.06. The Labute approximate surface area is 168 Å². The highest BCUT2D eigenvalue weighted by molar-refractivity contribution is 7.14. The van der Waals surface area contributed by atoms with Crippen molar-refractivity contribution in [3.05, 3.63) is 57.5 Å². The lowest BCUT2D eigenvalue weighted by Gasteiger charge is -2.23. The third-order valence-electron chi connectivity index (χ3n) is 5.01. The monoisotopic (exact) mass is 400 g/mol. The minimum Gasteiger partial charge on any atom is -0.370 e. The van der Waals surface area contributed by atoms with E-state index in [-0.39, 0.29) is 0 Å². The maximum absolute atomic E-state index is 5.48. The van der Waals surface area contributed by atoms with Crippen LogP contribution < -0.4 is 9.70 Å². The summed E-state index contributed by atoms with van der Waals surface area (Å²) in [6.07, 6.45) is 1.16. The second-order valence-corrected chi connectivity index (χ2v) is 8.68. The van der Waals surface area contributed by atoms with Crippen molar-refractivity contribution in [1.29, 1.82) is 0 Å². The van der Waals surface area contributed by atoms with E-state index in [1.54, 1.807) is 27.6 Å². The molecule has 4 rings (SSSR count). The second kappa shape index (κ2) is 8.97. The van der Waals surface area contributed by atoms with Crippen LogP contribution >= 0.6 is 22.7 Å². The molecule has 142 valence electrons. The van der Waals surface area contributed by atoms with Crippen LogP contribution in [0.1, 0.15) is 12.0 Å². The zero-order valence-corrected chi connectivity index (χ0v) is 17.3. The number of aryl methyl sites for hydroxylation is 1. The zero-order valence-electron chi connectivity index (χ0n) is 15.7. The lowest BCUT2D eigenvalue weighted by atomic mass is 10.2. The van der Waals surface area contributed by atoms with Gasteiger partial charge in [-0.1, -0.05) is 24.3 Å². The van der Waals surface area contributed by atoms with E-state index in [1.807, 2.05) is 0 Å². The number of benzene rings is 1. The quantitative estimate of drug-likeness (QED) is 0.677. The van der Waals surface area contributed by atoms with Crippen molar-refractivity contribution in [2.45, 2.75) is 19.9 Å². The number of nitrogens with zero attached hydrogens (tertiary/aromatic N) is 2. The Morgan fingerprint density at radius 1 is 1.11 bits per heavy atom. The van der Waals surface area contributed by atoms with Gasteiger partial charge < -0.3 is 14.2 Å². The first-order valence-electron chi connectivity index (χ1n) is 9.55. The summed E-state index contributed by atoms with van der Waals surface area (Å²) in [5.41, 5.74) is 3.57. The van der Waals surface area contributed by atoms with E-state index >= 15 is 0 Å². The molecule has 0 spiro atoms. The van der Waals surface area contributed by atoms with Gasteiger partial charge in [0.15, 0.2) is 4.80 Å². The van der Waals surface area contributed by atoms with Crippen molar-refractivity contribution >= 4 is 28.4 Å². The van der Waals surface area contributed by atoms with Gasteiger partial charge in [-0.25, -0.2) is 4.99 Å². The molecule has 1 aliphatic heterocycles. The van der Waals surface area contributed by atoms with Gasteiger partial charge in [-0.05, 0) is 30.0 Å². The van der Waals surface area contributed by atoms with Crippen LogP contribution in [0.25, 0.3) is 10.6 Å². The van der Waals surface area contributed by atoms with Crippen molar-refractivity contribution in [2.75, 3.05) is 32.8 Å². The standard InChI is InChI=1S/C21H25N3OS2/c1-17-6-2-3-7-18(17)22-21-24(10-5-9-23-11-13-25-14-12-23)19(16-27-21)20-8-4-15-26-20/h2-4,6-8,15-16H,5,9-14H2,1H3/p+1. The number of thiazole rings is 1.